The Bertz CT molecular complexity index is 539. The van der Waals surface area contributed by atoms with E-state index in [1.54, 1.807) is 0 Å². The monoisotopic (exact) mass is 266 g/mol. The Labute approximate surface area is 96.4 Å². The highest BCUT2D eigenvalue weighted by Crippen LogP contribution is 2.26. The van der Waals surface area contributed by atoms with Crippen molar-refractivity contribution in [1.82, 2.24) is 0 Å². The number of benzene rings is 1. The molecule has 4 nitrogen and oxygen atoms in total. The van der Waals surface area contributed by atoms with Crippen LogP contribution in [0.2, 0.25) is 0 Å². The van der Waals surface area contributed by atoms with E-state index in [0.29, 0.717) is 0 Å². The number of rotatable bonds is 2. The molecule has 88 valence electrons. The minimum absolute atomic E-state index is 0.178. The van der Waals surface area contributed by atoms with Crippen LogP contribution < -0.4 is 0 Å². The van der Waals surface area contributed by atoms with Gasteiger partial charge in [-0.1, -0.05) is 6.07 Å². The molecule has 0 radical (unpaired) electrons. The average Bonchev–Trinajstić information content (AvgIpc) is 2.18. The van der Waals surface area contributed by atoms with Gasteiger partial charge in [0.2, 0.25) is 0 Å². The Morgan fingerprint density at radius 2 is 2.00 bits per heavy atom. The summed E-state index contributed by atoms with van der Waals surface area (Å²) in [5, 5.41) is 0. The normalized spacial score (nSPS) is 11.2. The van der Waals surface area contributed by atoms with Gasteiger partial charge in [0.1, 0.15) is 16.3 Å². The summed E-state index contributed by atoms with van der Waals surface area (Å²) in [5.41, 5.74) is -0.491. The Hall–Kier alpha value is -1.14. The first-order valence-corrected chi connectivity index (χ1v) is 6.42. The summed E-state index contributed by atoms with van der Waals surface area (Å²) in [6, 6.07) is 2.20. The minimum atomic E-state index is -4.21. The average molecular weight is 267 g/mol. The Balaban J connectivity index is 3.70. The molecule has 0 fully saturated rings. The lowest BCUT2D eigenvalue weighted by molar-refractivity contribution is 0.0590. The molecule has 0 amide bonds. The highest BCUT2D eigenvalue weighted by molar-refractivity contribution is 8.13. The van der Waals surface area contributed by atoms with Gasteiger partial charge in [-0.25, -0.2) is 17.6 Å². The third-order valence-electron chi connectivity index (χ3n) is 1.94. The van der Waals surface area contributed by atoms with E-state index in [-0.39, 0.29) is 5.56 Å². The quantitative estimate of drug-likeness (QED) is 0.605. The zero-order valence-electron chi connectivity index (χ0n) is 8.45. The number of methoxy groups -OCH3 is 1. The van der Waals surface area contributed by atoms with Gasteiger partial charge in [-0.15, -0.1) is 0 Å². The van der Waals surface area contributed by atoms with Crippen molar-refractivity contribution in [2.24, 2.45) is 0 Å². The first-order valence-electron chi connectivity index (χ1n) is 4.11. The summed E-state index contributed by atoms with van der Waals surface area (Å²) in [5.74, 6) is -2.07. The van der Waals surface area contributed by atoms with E-state index < -0.39 is 31.3 Å². The van der Waals surface area contributed by atoms with Gasteiger partial charge in [0.05, 0.1) is 7.11 Å². The SMILES string of the molecule is COC(=O)c1c(F)ccc(C)c1S(=O)(=O)Cl. The Morgan fingerprint density at radius 3 is 2.44 bits per heavy atom. The molecule has 16 heavy (non-hydrogen) atoms. The maximum atomic E-state index is 13.4. The van der Waals surface area contributed by atoms with Crippen molar-refractivity contribution in [1.29, 1.82) is 0 Å². The van der Waals surface area contributed by atoms with Crippen LogP contribution in [0.5, 0.6) is 0 Å². The van der Waals surface area contributed by atoms with Crippen molar-refractivity contribution in [3.8, 4) is 0 Å². The molecule has 0 unspecified atom stereocenters. The van der Waals surface area contributed by atoms with E-state index in [9.17, 15) is 17.6 Å². The molecule has 1 rings (SSSR count). The maximum Gasteiger partial charge on any atom is 0.342 e. The predicted octanol–water partition coefficient (Wildman–Crippen LogP) is 1.85. The summed E-state index contributed by atoms with van der Waals surface area (Å²) in [6.45, 7) is 1.40. The van der Waals surface area contributed by atoms with Gasteiger partial charge in [0.25, 0.3) is 9.05 Å². The third-order valence-corrected chi connectivity index (χ3v) is 3.41. The molecule has 0 saturated carbocycles. The molecular formula is C9H8ClFO4S. The standard InChI is InChI=1S/C9H8ClFO4S/c1-5-3-4-6(11)7(9(12)15-2)8(5)16(10,13)14/h3-4H,1-2H3. The van der Waals surface area contributed by atoms with Gasteiger partial charge in [0.15, 0.2) is 0 Å². The molecular weight excluding hydrogens is 259 g/mol. The van der Waals surface area contributed by atoms with Crippen LogP contribution in [-0.4, -0.2) is 21.5 Å². The van der Waals surface area contributed by atoms with Gasteiger partial charge in [-0.3, -0.25) is 0 Å². The lowest BCUT2D eigenvalue weighted by atomic mass is 10.1. The highest BCUT2D eigenvalue weighted by Gasteiger charge is 2.27. The molecule has 1 aromatic carbocycles. The molecule has 0 bridgehead atoms. The van der Waals surface area contributed by atoms with Crippen LogP contribution in [0.4, 0.5) is 4.39 Å². The number of hydrogen-bond acceptors (Lipinski definition) is 4. The second-order valence-electron chi connectivity index (χ2n) is 3.00. The van der Waals surface area contributed by atoms with Crippen LogP contribution in [0.1, 0.15) is 15.9 Å². The second-order valence-corrected chi connectivity index (χ2v) is 5.50. The van der Waals surface area contributed by atoms with E-state index in [4.69, 9.17) is 10.7 Å². The third kappa shape index (κ3) is 2.33. The first-order chi connectivity index (χ1) is 7.29. The summed E-state index contributed by atoms with van der Waals surface area (Å²) in [7, 11) is 1.95. The minimum Gasteiger partial charge on any atom is -0.465 e. The summed E-state index contributed by atoms with van der Waals surface area (Å²) in [4.78, 5) is 10.7. The molecule has 0 saturated heterocycles. The Morgan fingerprint density at radius 1 is 1.44 bits per heavy atom. The van der Waals surface area contributed by atoms with E-state index in [1.165, 1.54) is 13.0 Å². The van der Waals surface area contributed by atoms with Gasteiger partial charge in [-0.2, -0.15) is 0 Å². The molecule has 0 aliphatic heterocycles. The van der Waals surface area contributed by atoms with E-state index in [2.05, 4.69) is 4.74 Å². The van der Waals surface area contributed by atoms with Crippen molar-refractivity contribution in [2.45, 2.75) is 11.8 Å². The maximum absolute atomic E-state index is 13.4. The van der Waals surface area contributed by atoms with Crippen molar-refractivity contribution in [3.05, 3.63) is 29.1 Å². The molecule has 0 N–H and O–H groups in total. The zero-order valence-corrected chi connectivity index (χ0v) is 10.0. The van der Waals surface area contributed by atoms with Gasteiger partial charge >= 0.3 is 5.97 Å². The number of esters is 1. The van der Waals surface area contributed by atoms with Crippen molar-refractivity contribution >= 4 is 25.7 Å². The van der Waals surface area contributed by atoms with Gasteiger partial charge in [0, 0.05) is 10.7 Å². The fourth-order valence-corrected chi connectivity index (χ4v) is 2.74. The topological polar surface area (TPSA) is 60.4 Å². The van der Waals surface area contributed by atoms with Crippen molar-refractivity contribution in [3.63, 3.8) is 0 Å². The Kier molecular flexibility index (Phi) is 3.54. The van der Waals surface area contributed by atoms with E-state index in [0.717, 1.165) is 13.2 Å². The van der Waals surface area contributed by atoms with Crippen LogP contribution in [0.25, 0.3) is 0 Å². The fraction of sp³-hybridized carbons (Fsp3) is 0.222. The first kappa shape index (κ1) is 12.9. The van der Waals surface area contributed by atoms with Gasteiger partial charge < -0.3 is 4.74 Å². The summed E-state index contributed by atoms with van der Waals surface area (Å²) in [6.07, 6.45) is 0. The van der Waals surface area contributed by atoms with Crippen molar-refractivity contribution in [2.75, 3.05) is 7.11 Å². The number of ether oxygens (including phenoxy) is 1. The zero-order chi connectivity index (χ0) is 12.5. The number of halogens is 2. The number of aryl methyl sites for hydroxylation is 1. The van der Waals surface area contributed by atoms with Crippen LogP contribution in [0.15, 0.2) is 17.0 Å². The predicted molar refractivity (Wildman–Crippen MR) is 55.5 cm³/mol. The molecule has 0 aliphatic rings. The molecule has 0 spiro atoms. The summed E-state index contributed by atoms with van der Waals surface area (Å²) >= 11 is 0. The lowest BCUT2D eigenvalue weighted by Gasteiger charge is -2.08. The number of hydrogen-bond donors (Lipinski definition) is 0. The molecule has 0 aromatic heterocycles. The largest absolute Gasteiger partial charge is 0.465 e. The van der Waals surface area contributed by atoms with Gasteiger partial charge in [-0.05, 0) is 18.6 Å². The highest BCUT2D eigenvalue weighted by atomic mass is 35.7. The lowest BCUT2D eigenvalue weighted by Crippen LogP contribution is -2.12. The van der Waals surface area contributed by atoms with E-state index >= 15 is 0 Å². The van der Waals surface area contributed by atoms with Crippen LogP contribution in [-0.2, 0) is 13.8 Å². The second kappa shape index (κ2) is 4.39. The van der Waals surface area contributed by atoms with Crippen LogP contribution in [0, 0.1) is 12.7 Å². The molecule has 1 aromatic rings. The number of carbonyl (C=O) groups excluding carboxylic acids is 1. The van der Waals surface area contributed by atoms with E-state index in [1.807, 2.05) is 0 Å². The van der Waals surface area contributed by atoms with Crippen molar-refractivity contribution < 1.29 is 22.3 Å². The molecule has 0 heterocycles. The smallest absolute Gasteiger partial charge is 0.342 e. The van der Waals surface area contributed by atoms with Crippen LogP contribution in [0.3, 0.4) is 0 Å². The number of carbonyl (C=O) groups is 1. The molecule has 7 heteroatoms. The van der Waals surface area contributed by atoms with Crippen LogP contribution >= 0.6 is 10.7 Å². The molecule has 0 atom stereocenters. The fourth-order valence-electron chi connectivity index (χ4n) is 1.27. The summed E-state index contributed by atoms with van der Waals surface area (Å²) < 4.78 is 40.2. The molecule has 0 aliphatic carbocycles.